The summed E-state index contributed by atoms with van der Waals surface area (Å²) in [5, 5.41) is 14.1. The molecule has 0 radical (unpaired) electrons. The molecule has 0 saturated heterocycles. The summed E-state index contributed by atoms with van der Waals surface area (Å²) in [5.41, 5.74) is 3.72. The lowest BCUT2D eigenvalue weighted by atomic mass is 10.0. The van der Waals surface area contributed by atoms with E-state index in [9.17, 15) is 0 Å². The maximum atomic E-state index is 4.54. The molecule has 0 spiro atoms. The molecule has 124 valence electrons. The molecule has 0 aliphatic carbocycles. The number of pyridine rings is 1. The topological polar surface area (TPSA) is 85.2 Å². The van der Waals surface area contributed by atoms with Crippen LogP contribution < -0.4 is 0 Å². The minimum absolute atomic E-state index is 0.253. The fourth-order valence-electron chi connectivity index (χ4n) is 2.93. The molecule has 1 atom stereocenters. The van der Waals surface area contributed by atoms with Crippen LogP contribution in [0.2, 0.25) is 0 Å². The molecule has 1 unspecified atom stereocenters. The Kier molecular flexibility index (Phi) is 4.04. The highest BCUT2D eigenvalue weighted by Crippen LogP contribution is 2.25. The van der Waals surface area contributed by atoms with Gasteiger partial charge in [-0.15, -0.1) is 10.2 Å². The molecule has 1 N–H and O–H groups in total. The van der Waals surface area contributed by atoms with Crippen LogP contribution in [0.1, 0.15) is 24.9 Å². The number of tetrazole rings is 1. The van der Waals surface area contributed by atoms with E-state index in [0.717, 1.165) is 23.4 Å². The Morgan fingerprint density at radius 3 is 2.72 bits per heavy atom. The van der Waals surface area contributed by atoms with Crippen molar-refractivity contribution in [1.29, 1.82) is 0 Å². The molecular weight excluding hydrogens is 314 g/mol. The second-order valence-electron chi connectivity index (χ2n) is 5.71. The second kappa shape index (κ2) is 6.64. The summed E-state index contributed by atoms with van der Waals surface area (Å²) in [6.07, 6.45) is 6.60. The molecule has 0 amide bonds. The first-order valence-corrected chi connectivity index (χ1v) is 8.14. The smallest absolute Gasteiger partial charge is 0.204 e. The normalized spacial score (nSPS) is 12.2. The zero-order valence-electron chi connectivity index (χ0n) is 13.7. The van der Waals surface area contributed by atoms with Crippen molar-refractivity contribution in [3.8, 4) is 22.8 Å². The fourth-order valence-corrected chi connectivity index (χ4v) is 2.93. The molecule has 1 aromatic carbocycles. The van der Waals surface area contributed by atoms with Crippen LogP contribution in [0.3, 0.4) is 0 Å². The molecule has 7 heteroatoms. The van der Waals surface area contributed by atoms with Gasteiger partial charge in [0, 0.05) is 18.0 Å². The van der Waals surface area contributed by atoms with Gasteiger partial charge >= 0.3 is 0 Å². The largest absolute Gasteiger partial charge is 0.329 e. The summed E-state index contributed by atoms with van der Waals surface area (Å²) < 4.78 is 2.13. The molecule has 3 heterocycles. The van der Waals surface area contributed by atoms with Gasteiger partial charge < -0.3 is 4.57 Å². The molecule has 4 aromatic rings. The van der Waals surface area contributed by atoms with Crippen molar-refractivity contribution >= 4 is 0 Å². The maximum Gasteiger partial charge on any atom is 0.204 e. The monoisotopic (exact) mass is 331 g/mol. The first-order valence-electron chi connectivity index (χ1n) is 8.14. The number of hydrogen-bond acceptors (Lipinski definition) is 5. The molecule has 7 nitrogen and oxygen atoms in total. The lowest BCUT2D eigenvalue weighted by molar-refractivity contribution is 0.566. The van der Waals surface area contributed by atoms with Crippen LogP contribution in [0.4, 0.5) is 0 Å². The van der Waals surface area contributed by atoms with E-state index in [1.807, 2.05) is 30.7 Å². The Balaban J connectivity index is 1.66. The van der Waals surface area contributed by atoms with Crippen molar-refractivity contribution in [2.45, 2.75) is 19.4 Å². The predicted molar refractivity (Wildman–Crippen MR) is 93.5 cm³/mol. The number of aromatic nitrogens is 7. The Morgan fingerprint density at radius 1 is 1.08 bits per heavy atom. The van der Waals surface area contributed by atoms with Crippen molar-refractivity contribution in [3.63, 3.8) is 0 Å². The third-order valence-corrected chi connectivity index (χ3v) is 4.16. The van der Waals surface area contributed by atoms with Crippen molar-refractivity contribution in [1.82, 2.24) is 35.2 Å². The van der Waals surface area contributed by atoms with Gasteiger partial charge in [0.25, 0.3) is 0 Å². The predicted octanol–water partition coefficient (Wildman–Crippen LogP) is 3.12. The number of nitrogens with zero attached hydrogens (tertiary/aromatic N) is 6. The number of hydrogen-bond donors (Lipinski definition) is 1. The van der Waals surface area contributed by atoms with E-state index in [2.05, 4.69) is 66.3 Å². The van der Waals surface area contributed by atoms with E-state index < -0.39 is 0 Å². The van der Waals surface area contributed by atoms with E-state index >= 15 is 0 Å². The quantitative estimate of drug-likeness (QED) is 0.607. The summed E-state index contributed by atoms with van der Waals surface area (Å²) >= 11 is 0. The zero-order chi connectivity index (χ0) is 17.1. The number of benzene rings is 1. The Bertz CT molecular complexity index is 944. The molecule has 4 rings (SSSR count). The van der Waals surface area contributed by atoms with Crippen LogP contribution in [0.25, 0.3) is 22.8 Å². The summed E-state index contributed by atoms with van der Waals surface area (Å²) in [6.45, 7) is 2.17. The second-order valence-corrected chi connectivity index (χ2v) is 5.71. The molecule has 0 aliphatic heterocycles. The van der Waals surface area contributed by atoms with Crippen LogP contribution in [-0.2, 0) is 0 Å². The molecule has 0 bridgehead atoms. The highest BCUT2D eigenvalue weighted by molar-refractivity contribution is 5.63. The minimum atomic E-state index is 0.253. The molecule has 3 aromatic heterocycles. The molecule has 0 fully saturated rings. The zero-order valence-corrected chi connectivity index (χ0v) is 13.7. The van der Waals surface area contributed by atoms with Crippen LogP contribution in [0.15, 0.2) is 61.2 Å². The number of H-pyrrole nitrogens is 1. The lowest BCUT2D eigenvalue weighted by Crippen LogP contribution is -2.07. The first kappa shape index (κ1) is 15.2. The van der Waals surface area contributed by atoms with Gasteiger partial charge in [0.05, 0.1) is 18.1 Å². The van der Waals surface area contributed by atoms with E-state index in [1.165, 1.54) is 5.56 Å². The van der Waals surface area contributed by atoms with Gasteiger partial charge in [0.1, 0.15) is 5.69 Å². The first-order chi connectivity index (χ1) is 12.3. The summed E-state index contributed by atoms with van der Waals surface area (Å²) in [7, 11) is 0. The lowest BCUT2D eigenvalue weighted by Gasteiger charge is -2.16. The van der Waals surface area contributed by atoms with Gasteiger partial charge in [-0.05, 0) is 29.3 Å². The number of rotatable bonds is 5. The van der Waals surface area contributed by atoms with Crippen molar-refractivity contribution in [2.75, 3.05) is 0 Å². The summed E-state index contributed by atoms with van der Waals surface area (Å²) in [5.74, 6) is 0.541. The van der Waals surface area contributed by atoms with Crippen molar-refractivity contribution < 1.29 is 0 Å². The van der Waals surface area contributed by atoms with Crippen LogP contribution in [0, 0.1) is 0 Å². The van der Waals surface area contributed by atoms with Gasteiger partial charge in [-0.2, -0.15) is 5.21 Å². The third kappa shape index (κ3) is 3.03. The fraction of sp³-hybridized carbons (Fsp3) is 0.167. The third-order valence-electron chi connectivity index (χ3n) is 4.16. The van der Waals surface area contributed by atoms with Gasteiger partial charge in [0.15, 0.2) is 0 Å². The average Bonchev–Trinajstić information content (AvgIpc) is 3.36. The Hall–Kier alpha value is -3.35. The minimum Gasteiger partial charge on any atom is -0.329 e. The average molecular weight is 331 g/mol. The van der Waals surface area contributed by atoms with Crippen LogP contribution in [-0.4, -0.2) is 35.2 Å². The standard InChI is InChI=1S/C18H17N7/c1-2-17(13-6-4-3-5-7-13)25-11-16(20-12-25)15-10-14(8-9-19-15)18-21-23-24-22-18/h3-12,17H,2H2,1H3,(H,21,22,23,24). The highest BCUT2D eigenvalue weighted by atomic mass is 15.5. The van der Waals surface area contributed by atoms with Crippen LogP contribution in [0.5, 0.6) is 0 Å². The molecule has 0 aliphatic rings. The van der Waals surface area contributed by atoms with E-state index in [4.69, 9.17) is 0 Å². The maximum absolute atomic E-state index is 4.54. The van der Waals surface area contributed by atoms with Crippen LogP contribution >= 0.6 is 0 Å². The Labute approximate surface area is 144 Å². The SMILES string of the molecule is CCC(c1ccccc1)n1cnc(-c2cc(-c3nn[nH]n3)ccn2)c1. The summed E-state index contributed by atoms with van der Waals surface area (Å²) in [6, 6.07) is 14.5. The highest BCUT2D eigenvalue weighted by Gasteiger charge is 2.14. The van der Waals surface area contributed by atoms with Gasteiger partial charge in [-0.25, -0.2) is 4.98 Å². The van der Waals surface area contributed by atoms with Gasteiger partial charge in [-0.3, -0.25) is 4.98 Å². The molecule has 25 heavy (non-hydrogen) atoms. The van der Waals surface area contributed by atoms with Crippen molar-refractivity contribution in [2.24, 2.45) is 0 Å². The van der Waals surface area contributed by atoms with E-state index in [-0.39, 0.29) is 6.04 Å². The number of aromatic amines is 1. The summed E-state index contributed by atoms with van der Waals surface area (Å²) in [4.78, 5) is 8.97. The molecule has 0 saturated carbocycles. The molecular formula is C18H17N7. The van der Waals surface area contributed by atoms with E-state index in [0.29, 0.717) is 5.82 Å². The van der Waals surface area contributed by atoms with E-state index in [1.54, 1.807) is 6.20 Å². The van der Waals surface area contributed by atoms with Gasteiger partial charge in [0.2, 0.25) is 5.82 Å². The number of imidazole rings is 1. The number of nitrogens with one attached hydrogen (secondary N) is 1. The Morgan fingerprint density at radius 2 is 1.96 bits per heavy atom. The van der Waals surface area contributed by atoms with Gasteiger partial charge in [-0.1, -0.05) is 37.3 Å². The van der Waals surface area contributed by atoms with Crippen molar-refractivity contribution in [3.05, 3.63) is 66.7 Å².